The monoisotopic (exact) mass is 400 g/mol. The van der Waals surface area contributed by atoms with E-state index in [-0.39, 0.29) is 18.2 Å². The van der Waals surface area contributed by atoms with Gasteiger partial charge in [0.05, 0.1) is 6.42 Å². The first kappa shape index (κ1) is 22.0. The Bertz CT molecular complexity index is 789. The maximum absolute atomic E-state index is 13.1. The molecule has 150 valence electrons. The first-order valence-corrected chi connectivity index (χ1v) is 10.2. The second-order valence-corrected chi connectivity index (χ2v) is 7.57. The molecule has 1 atom stereocenters. The molecule has 0 aliphatic heterocycles. The number of carbonyl (C=O) groups excluding carboxylic acids is 2. The van der Waals surface area contributed by atoms with Crippen molar-refractivity contribution in [3.8, 4) is 0 Å². The van der Waals surface area contributed by atoms with Crippen LogP contribution in [0.25, 0.3) is 0 Å². The van der Waals surface area contributed by atoms with E-state index in [1.54, 1.807) is 17.9 Å². The Morgan fingerprint density at radius 1 is 1.11 bits per heavy atom. The minimum absolute atomic E-state index is 0.0815. The van der Waals surface area contributed by atoms with Crippen molar-refractivity contribution in [3.63, 3.8) is 0 Å². The molecule has 0 fully saturated rings. The van der Waals surface area contributed by atoms with E-state index in [0.717, 1.165) is 29.5 Å². The maximum Gasteiger partial charge on any atom is 0.242 e. The quantitative estimate of drug-likeness (QED) is 0.629. The third-order valence-electron chi connectivity index (χ3n) is 4.71. The van der Waals surface area contributed by atoms with Crippen LogP contribution < -0.4 is 5.32 Å². The van der Waals surface area contributed by atoms with Crippen LogP contribution in [0.15, 0.2) is 48.5 Å². The van der Waals surface area contributed by atoms with Crippen LogP contribution in [0.4, 0.5) is 0 Å². The van der Waals surface area contributed by atoms with Gasteiger partial charge >= 0.3 is 0 Å². The summed E-state index contributed by atoms with van der Waals surface area (Å²) in [5.41, 5.74) is 2.99. The number of halogens is 1. The van der Waals surface area contributed by atoms with Gasteiger partial charge in [0, 0.05) is 18.1 Å². The predicted octanol–water partition coefficient (Wildman–Crippen LogP) is 4.52. The summed E-state index contributed by atoms with van der Waals surface area (Å²) >= 11 is 6.10. The van der Waals surface area contributed by atoms with Gasteiger partial charge < -0.3 is 10.2 Å². The number of nitrogens with zero attached hydrogens (tertiary/aromatic N) is 1. The number of benzene rings is 2. The molecule has 0 saturated carbocycles. The summed E-state index contributed by atoms with van der Waals surface area (Å²) in [6, 6.07) is 14.7. The van der Waals surface area contributed by atoms with Gasteiger partial charge in [0.25, 0.3) is 0 Å². The number of aryl methyl sites for hydroxylation is 1. The number of rotatable bonds is 9. The molecule has 2 rings (SSSR count). The van der Waals surface area contributed by atoms with Crippen LogP contribution in [-0.2, 0) is 22.6 Å². The highest BCUT2D eigenvalue weighted by Crippen LogP contribution is 2.16. The smallest absolute Gasteiger partial charge is 0.242 e. The molecule has 2 amide bonds. The van der Waals surface area contributed by atoms with Gasteiger partial charge in [0.1, 0.15) is 6.04 Å². The molecular weight excluding hydrogens is 372 g/mol. The molecule has 4 nitrogen and oxygen atoms in total. The zero-order chi connectivity index (χ0) is 20.5. The Morgan fingerprint density at radius 2 is 1.82 bits per heavy atom. The summed E-state index contributed by atoms with van der Waals surface area (Å²) in [4.78, 5) is 27.3. The van der Waals surface area contributed by atoms with Crippen LogP contribution in [-0.4, -0.2) is 29.3 Å². The third kappa shape index (κ3) is 6.68. The Labute approximate surface area is 172 Å². The minimum Gasteiger partial charge on any atom is -0.354 e. The molecule has 28 heavy (non-hydrogen) atoms. The summed E-state index contributed by atoms with van der Waals surface area (Å²) in [6.07, 6.45) is 2.19. The highest BCUT2D eigenvalue weighted by Gasteiger charge is 2.26. The van der Waals surface area contributed by atoms with Crippen LogP contribution in [0, 0.1) is 6.92 Å². The second-order valence-electron chi connectivity index (χ2n) is 7.13. The zero-order valence-electron chi connectivity index (χ0n) is 16.9. The highest BCUT2D eigenvalue weighted by atomic mass is 35.5. The summed E-state index contributed by atoms with van der Waals surface area (Å²) in [6.45, 7) is 6.83. The molecule has 0 aliphatic rings. The number of nitrogens with one attached hydrogen (secondary N) is 1. The number of unbranched alkanes of at least 4 members (excludes halogenated alkanes) is 1. The molecule has 0 bridgehead atoms. The van der Waals surface area contributed by atoms with Crippen molar-refractivity contribution in [3.05, 3.63) is 70.2 Å². The lowest BCUT2D eigenvalue weighted by Crippen LogP contribution is -2.48. The van der Waals surface area contributed by atoms with E-state index in [1.807, 2.05) is 49.4 Å². The molecule has 0 saturated heterocycles. The topological polar surface area (TPSA) is 49.4 Å². The fourth-order valence-corrected chi connectivity index (χ4v) is 3.15. The molecule has 0 unspecified atom stereocenters. The summed E-state index contributed by atoms with van der Waals surface area (Å²) in [5, 5.41) is 3.54. The highest BCUT2D eigenvalue weighted by molar-refractivity contribution is 6.30. The van der Waals surface area contributed by atoms with Gasteiger partial charge in [-0.15, -0.1) is 0 Å². The van der Waals surface area contributed by atoms with Crippen molar-refractivity contribution in [2.75, 3.05) is 6.54 Å². The third-order valence-corrected chi connectivity index (χ3v) is 4.95. The van der Waals surface area contributed by atoms with Gasteiger partial charge in [-0.1, -0.05) is 66.9 Å². The molecule has 0 aliphatic carbocycles. The van der Waals surface area contributed by atoms with Crippen LogP contribution in [0.3, 0.4) is 0 Å². The lowest BCUT2D eigenvalue weighted by Gasteiger charge is -2.29. The number of hydrogen-bond acceptors (Lipinski definition) is 2. The Balaban J connectivity index is 2.17. The predicted molar refractivity (Wildman–Crippen MR) is 114 cm³/mol. The average Bonchev–Trinajstić information content (AvgIpc) is 2.67. The summed E-state index contributed by atoms with van der Waals surface area (Å²) < 4.78 is 0. The van der Waals surface area contributed by atoms with Crippen molar-refractivity contribution >= 4 is 23.4 Å². The van der Waals surface area contributed by atoms with Gasteiger partial charge in [-0.25, -0.2) is 0 Å². The molecule has 5 heteroatoms. The average molecular weight is 401 g/mol. The fraction of sp³-hybridized carbons (Fsp3) is 0.391. The fourth-order valence-electron chi connectivity index (χ4n) is 2.93. The largest absolute Gasteiger partial charge is 0.354 e. The number of carbonyl (C=O) groups is 2. The lowest BCUT2D eigenvalue weighted by molar-refractivity contribution is -0.140. The summed E-state index contributed by atoms with van der Waals surface area (Å²) in [5.74, 6) is -0.213. The zero-order valence-corrected chi connectivity index (χ0v) is 17.6. The molecule has 0 radical (unpaired) electrons. The van der Waals surface area contributed by atoms with Crippen molar-refractivity contribution < 1.29 is 9.59 Å². The normalized spacial score (nSPS) is 11.7. The maximum atomic E-state index is 13.1. The van der Waals surface area contributed by atoms with E-state index in [4.69, 9.17) is 11.6 Å². The number of amides is 2. The Hall–Kier alpha value is -2.33. The molecule has 0 heterocycles. The molecular formula is C23H29ClN2O2. The van der Waals surface area contributed by atoms with E-state index < -0.39 is 6.04 Å². The van der Waals surface area contributed by atoms with Crippen LogP contribution in [0.1, 0.15) is 43.4 Å². The first-order chi connectivity index (χ1) is 13.4. The van der Waals surface area contributed by atoms with Crippen molar-refractivity contribution in [2.24, 2.45) is 0 Å². The molecule has 2 aromatic rings. The standard InChI is InChI=1S/C23H29ClN2O2/c1-4-5-13-25-23(28)18(3)26(16-20-7-6-8-21(24)14-20)22(27)15-19-11-9-17(2)10-12-19/h6-12,14,18H,4-5,13,15-16H2,1-3H3,(H,25,28)/t18-/m0/s1. The Morgan fingerprint density at radius 3 is 2.46 bits per heavy atom. The number of hydrogen-bond donors (Lipinski definition) is 1. The van der Waals surface area contributed by atoms with Crippen molar-refractivity contribution in [2.45, 2.75) is 52.6 Å². The van der Waals surface area contributed by atoms with Gasteiger partial charge in [-0.2, -0.15) is 0 Å². The van der Waals surface area contributed by atoms with Crippen molar-refractivity contribution in [1.29, 1.82) is 0 Å². The molecule has 0 spiro atoms. The summed E-state index contributed by atoms with van der Waals surface area (Å²) in [7, 11) is 0. The second kappa shape index (κ2) is 10.9. The van der Waals surface area contributed by atoms with Crippen LogP contribution in [0.2, 0.25) is 5.02 Å². The first-order valence-electron chi connectivity index (χ1n) is 9.78. The van der Waals surface area contributed by atoms with Gasteiger partial charge in [0.2, 0.25) is 11.8 Å². The van der Waals surface area contributed by atoms with Crippen molar-refractivity contribution in [1.82, 2.24) is 10.2 Å². The molecule has 2 aromatic carbocycles. The van der Waals surface area contributed by atoms with E-state index in [1.165, 1.54) is 0 Å². The SMILES string of the molecule is CCCCNC(=O)[C@H](C)N(Cc1cccc(Cl)c1)C(=O)Cc1ccc(C)cc1. The van der Waals surface area contributed by atoms with Gasteiger partial charge in [-0.3, -0.25) is 9.59 Å². The molecule has 0 aromatic heterocycles. The Kier molecular flexibility index (Phi) is 8.52. The molecule has 1 N–H and O–H groups in total. The minimum atomic E-state index is -0.561. The van der Waals surface area contributed by atoms with Crippen LogP contribution >= 0.6 is 11.6 Å². The van der Waals surface area contributed by atoms with Gasteiger partial charge in [-0.05, 0) is 43.5 Å². The van der Waals surface area contributed by atoms with E-state index in [9.17, 15) is 9.59 Å². The van der Waals surface area contributed by atoms with E-state index >= 15 is 0 Å². The van der Waals surface area contributed by atoms with Crippen LogP contribution in [0.5, 0.6) is 0 Å². The van der Waals surface area contributed by atoms with E-state index in [2.05, 4.69) is 12.2 Å². The van der Waals surface area contributed by atoms with Gasteiger partial charge in [0.15, 0.2) is 0 Å². The lowest BCUT2D eigenvalue weighted by atomic mass is 10.1. The van der Waals surface area contributed by atoms with E-state index in [0.29, 0.717) is 18.1 Å².